The third-order valence-corrected chi connectivity index (χ3v) is 2.69. The quantitative estimate of drug-likeness (QED) is 0.447. The van der Waals surface area contributed by atoms with Gasteiger partial charge in [0.15, 0.2) is 0 Å². The van der Waals surface area contributed by atoms with Crippen molar-refractivity contribution in [3.8, 4) is 0 Å². The zero-order valence-electron chi connectivity index (χ0n) is 10.2. The van der Waals surface area contributed by atoms with E-state index in [0.717, 1.165) is 12.8 Å². The zero-order valence-corrected chi connectivity index (χ0v) is 10.2. The molecule has 0 radical (unpaired) electrons. The summed E-state index contributed by atoms with van der Waals surface area (Å²) < 4.78 is 5.23. The number of aliphatic hydroxyl groups is 1. The summed E-state index contributed by atoms with van der Waals surface area (Å²) in [5.74, 6) is 0.646. The van der Waals surface area contributed by atoms with Crippen molar-refractivity contribution in [1.29, 1.82) is 0 Å². The van der Waals surface area contributed by atoms with Crippen molar-refractivity contribution in [3.05, 3.63) is 12.7 Å². The Balaban J connectivity index is 3.59. The maximum absolute atomic E-state index is 9.72. The molecule has 0 saturated carbocycles. The molecule has 1 N–H and O–H groups in total. The van der Waals surface area contributed by atoms with Crippen LogP contribution in [0.3, 0.4) is 0 Å². The maximum Gasteiger partial charge on any atom is 0.0776 e. The first-order valence-corrected chi connectivity index (χ1v) is 6.11. The molecule has 0 aliphatic rings. The molecule has 2 nitrogen and oxygen atoms in total. The summed E-state index contributed by atoms with van der Waals surface area (Å²) in [4.78, 5) is 0. The van der Waals surface area contributed by atoms with E-state index in [4.69, 9.17) is 4.74 Å². The van der Waals surface area contributed by atoms with Gasteiger partial charge in [-0.15, -0.1) is 6.58 Å². The van der Waals surface area contributed by atoms with Crippen LogP contribution in [0.15, 0.2) is 12.7 Å². The lowest BCUT2D eigenvalue weighted by Gasteiger charge is -2.18. The highest BCUT2D eigenvalue weighted by atomic mass is 16.5. The Labute approximate surface area is 94.3 Å². The number of ether oxygens (including phenoxy) is 1. The van der Waals surface area contributed by atoms with Gasteiger partial charge in [0.2, 0.25) is 0 Å². The molecular weight excluding hydrogens is 188 g/mol. The van der Waals surface area contributed by atoms with Crippen molar-refractivity contribution < 1.29 is 9.84 Å². The third kappa shape index (κ3) is 8.64. The molecule has 0 bridgehead atoms. The Bertz CT molecular complexity index is 145. The summed E-state index contributed by atoms with van der Waals surface area (Å²) in [5, 5.41) is 9.72. The number of aliphatic hydroxyl groups excluding tert-OH is 1. The van der Waals surface area contributed by atoms with Crippen LogP contribution in [-0.2, 0) is 4.74 Å². The fourth-order valence-electron chi connectivity index (χ4n) is 1.72. The molecule has 0 aromatic carbocycles. The van der Waals surface area contributed by atoms with Crippen molar-refractivity contribution in [1.82, 2.24) is 0 Å². The van der Waals surface area contributed by atoms with Crippen molar-refractivity contribution in [2.75, 3.05) is 13.2 Å². The summed E-state index contributed by atoms with van der Waals surface area (Å²) in [6.45, 7) is 8.94. The van der Waals surface area contributed by atoms with E-state index >= 15 is 0 Å². The van der Waals surface area contributed by atoms with Crippen LogP contribution >= 0.6 is 0 Å². The fraction of sp³-hybridized carbons (Fsp3) is 0.846. The molecule has 0 amide bonds. The van der Waals surface area contributed by atoms with Crippen molar-refractivity contribution in [2.24, 2.45) is 5.92 Å². The SMILES string of the molecule is C=CCOCC(O)CC(CC)CCCC. The maximum atomic E-state index is 9.72. The highest BCUT2D eigenvalue weighted by Crippen LogP contribution is 2.18. The molecule has 0 saturated heterocycles. The Hall–Kier alpha value is -0.340. The van der Waals surface area contributed by atoms with Gasteiger partial charge in [-0.05, 0) is 12.3 Å². The summed E-state index contributed by atoms with van der Waals surface area (Å²) in [6.07, 6.45) is 7.14. The predicted molar refractivity (Wildman–Crippen MR) is 64.9 cm³/mol. The summed E-state index contributed by atoms with van der Waals surface area (Å²) in [7, 11) is 0. The molecular formula is C13H26O2. The number of rotatable bonds is 10. The van der Waals surface area contributed by atoms with E-state index in [0.29, 0.717) is 19.1 Å². The molecule has 0 aromatic heterocycles. The summed E-state index contributed by atoms with van der Waals surface area (Å²) in [5.41, 5.74) is 0. The van der Waals surface area contributed by atoms with E-state index in [-0.39, 0.29) is 6.10 Å². The van der Waals surface area contributed by atoms with E-state index in [1.807, 2.05) is 0 Å². The van der Waals surface area contributed by atoms with Gasteiger partial charge in [-0.25, -0.2) is 0 Å². The Kier molecular flexibility index (Phi) is 9.96. The third-order valence-electron chi connectivity index (χ3n) is 2.69. The van der Waals surface area contributed by atoms with Crippen LogP contribution in [0.4, 0.5) is 0 Å². The Morgan fingerprint density at radius 3 is 2.67 bits per heavy atom. The van der Waals surface area contributed by atoms with Gasteiger partial charge in [-0.2, -0.15) is 0 Å². The molecule has 2 heteroatoms. The standard InChI is InChI=1S/C13H26O2/c1-4-7-8-12(6-3)10-13(14)11-15-9-5-2/h5,12-14H,2,4,6-11H2,1,3H3. The fourth-order valence-corrected chi connectivity index (χ4v) is 1.72. The second kappa shape index (κ2) is 10.2. The van der Waals surface area contributed by atoms with E-state index in [1.165, 1.54) is 19.3 Å². The molecule has 2 unspecified atom stereocenters. The minimum absolute atomic E-state index is 0.313. The largest absolute Gasteiger partial charge is 0.391 e. The van der Waals surface area contributed by atoms with Crippen LogP contribution in [-0.4, -0.2) is 24.4 Å². The minimum atomic E-state index is -0.313. The van der Waals surface area contributed by atoms with Gasteiger partial charge in [-0.1, -0.05) is 45.6 Å². The van der Waals surface area contributed by atoms with Gasteiger partial charge in [0.25, 0.3) is 0 Å². The topological polar surface area (TPSA) is 29.5 Å². The van der Waals surface area contributed by atoms with Crippen LogP contribution in [0.5, 0.6) is 0 Å². The lowest BCUT2D eigenvalue weighted by Crippen LogP contribution is -2.19. The average Bonchev–Trinajstić information content (AvgIpc) is 2.24. The van der Waals surface area contributed by atoms with Crippen LogP contribution < -0.4 is 0 Å². The summed E-state index contributed by atoms with van der Waals surface area (Å²) in [6, 6.07) is 0. The van der Waals surface area contributed by atoms with Crippen molar-refractivity contribution >= 4 is 0 Å². The van der Waals surface area contributed by atoms with Crippen LogP contribution in [0.25, 0.3) is 0 Å². The predicted octanol–water partition coefficient (Wildman–Crippen LogP) is 3.16. The Morgan fingerprint density at radius 2 is 2.13 bits per heavy atom. The van der Waals surface area contributed by atoms with Crippen LogP contribution in [0.2, 0.25) is 0 Å². The number of unbranched alkanes of at least 4 members (excludes halogenated alkanes) is 1. The van der Waals surface area contributed by atoms with Gasteiger partial charge in [-0.3, -0.25) is 0 Å². The molecule has 15 heavy (non-hydrogen) atoms. The lowest BCUT2D eigenvalue weighted by molar-refractivity contribution is 0.0336. The Morgan fingerprint density at radius 1 is 1.40 bits per heavy atom. The van der Waals surface area contributed by atoms with Crippen LogP contribution in [0.1, 0.15) is 46.0 Å². The molecule has 90 valence electrons. The van der Waals surface area contributed by atoms with Gasteiger partial charge in [0.1, 0.15) is 0 Å². The van der Waals surface area contributed by atoms with Gasteiger partial charge >= 0.3 is 0 Å². The molecule has 0 spiro atoms. The van der Waals surface area contributed by atoms with E-state index in [1.54, 1.807) is 6.08 Å². The van der Waals surface area contributed by atoms with Crippen molar-refractivity contribution in [3.63, 3.8) is 0 Å². The molecule has 0 aliphatic carbocycles. The molecule has 0 aliphatic heterocycles. The lowest BCUT2D eigenvalue weighted by atomic mass is 9.93. The average molecular weight is 214 g/mol. The first-order chi connectivity index (χ1) is 7.24. The molecule has 0 rings (SSSR count). The number of hydrogen-bond acceptors (Lipinski definition) is 2. The highest BCUT2D eigenvalue weighted by molar-refractivity contribution is 4.67. The first-order valence-electron chi connectivity index (χ1n) is 6.11. The smallest absolute Gasteiger partial charge is 0.0776 e. The normalized spacial score (nSPS) is 14.9. The second-order valence-electron chi connectivity index (χ2n) is 4.13. The van der Waals surface area contributed by atoms with E-state index in [2.05, 4.69) is 20.4 Å². The minimum Gasteiger partial charge on any atom is -0.391 e. The molecule has 0 fully saturated rings. The van der Waals surface area contributed by atoms with Gasteiger partial charge in [0.05, 0.1) is 19.3 Å². The highest BCUT2D eigenvalue weighted by Gasteiger charge is 2.12. The van der Waals surface area contributed by atoms with Crippen LogP contribution in [0, 0.1) is 5.92 Å². The molecule has 2 atom stereocenters. The molecule has 0 heterocycles. The van der Waals surface area contributed by atoms with E-state index in [9.17, 15) is 5.11 Å². The zero-order chi connectivity index (χ0) is 11.5. The van der Waals surface area contributed by atoms with Crippen molar-refractivity contribution in [2.45, 2.75) is 52.1 Å². The van der Waals surface area contributed by atoms with Gasteiger partial charge in [0, 0.05) is 0 Å². The monoisotopic (exact) mass is 214 g/mol. The molecule has 0 aromatic rings. The van der Waals surface area contributed by atoms with E-state index < -0.39 is 0 Å². The number of hydrogen-bond donors (Lipinski definition) is 1. The van der Waals surface area contributed by atoms with Gasteiger partial charge < -0.3 is 9.84 Å². The summed E-state index contributed by atoms with van der Waals surface area (Å²) >= 11 is 0. The first kappa shape index (κ1) is 14.7. The second-order valence-corrected chi connectivity index (χ2v) is 4.13.